The maximum Gasteiger partial charge on any atom is 0.252 e. The lowest BCUT2D eigenvalue weighted by molar-refractivity contribution is 0.454. The zero-order chi connectivity index (χ0) is 15.3. The molecule has 1 N–H and O–H groups in total. The predicted molar refractivity (Wildman–Crippen MR) is 85.5 cm³/mol. The van der Waals surface area contributed by atoms with Gasteiger partial charge in [-0.25, -0.2) is 8.42 Å². The van der Waals surface area contributed by atoms with Crippen molar-refractivity contribution in [3.05, 3.63) is 29.2 Å². The second-order valence-corrected chi connectivity index (χ2v) is 8.27. The number of sulfonamides is 1. The van der Waals surface area contributed by atoms with Crippen LogP contribution in [0, 0.1) is 0 Å². The third-order valence-corrected chi connectivity index (χ3v) is 6.12. The van der Waals surface area contributed by atoms with Crippen LogP contribution in [0.1, 0.15) is 33.3 Å². The molecule has 0 bridgehead atoms. The van der Waals surface area contributed by atoms with Crippen molar-refractivity contribution < 1.29 is 8.42 Å². The normalized spacial score (nSPS) is 12.3. The highest BCUT2D eigenvalue weighted by Gasteiger charge is 2.24. The van der Waals surface area contributed by atoms with Gasteiger partial charge >= 0.3 is 0 Å². The number of thiophene rings is 1. The van der Waals surface area contributed by atoms with Gasteiger partial charge in [0.25, 0.3) is 10.0 Å². The first-order chi connectivity index (χ1) is 9.27. The van der Waals surface area contributed by atoms with E-state index >= 15 is 0 Å². The van der Waals surface area contributed by atoms with Gasteiger partial charge in [-0.3, -0.25) is 0 Å². The Morgan fingerprint density at radius 3 is 2.65 bits per heavy atom. The summed E-state index contributed by atoms with van der Waals surface area (Å²) in [6.45, 7) is 13.1. The number of hydrogen-bond acceptors (Lipinski definition) is 4. The lowest BCUT2D eigenvalue weighted by Gasteiger charge is -2.19. The highest BCUT2D eigenvalue weighted by Crippen LogP contribution is 2.24. The molecule has 0 saturated carbocycles. The second-order valence-electron chi connectivity index (χ2n) is 5.20. The van der Waals surface area contributed by atoms with Gasteiger partial charge in [0.2, 0.25) is 0 Å². The van der Waals surface area contributed by atoms with Gasteiger partial charge in [-0.2, -0.15) is 4.31 Å². The van der Waals surface area contributed by atoms with E-state index in [1.807, 2.05) is 19.2 Å². The maximum absolute atomic E-state index is 12.5. The number of nitrogens with zero attached hydrogens (tertiary/aromatic N) is 1. The maximum atomic E-state index is 12.5. The fourth-order valence-electron chi connectivity index (χ4n) is 1.70. The molecule has 1 aromatic rings. The van der Waals surface area contributed by atoms with Crippen molar-refractivity contribution >= 4 is 21.4 Å². The number of likely N-dealkylation sites (N-methyl/N-ethyl adjacent to an activating group) is 1. The molecule has 0 spiro atoms. The molecular weight excluding hydrogens is 292 g/mol. The zero-order valence-corrected chi connectivity index (χ0v) is 14.3. The predicted octanol–water partition coefficient (Wildman–Crippen LogP) is 2.83. The molecular formula is C14H24N2O2S2. The van der Waals surface area contributed by atoms with Crippen LogP contribution in [0.5, 0.6) is 0 Å². The molecule has 0 fully saturated rings. The highest BCUT2D eigenvalue weighted by molar-refractivity contribution is 7.91. The topological polar surface area (TPSA) is 49.4 Å². The minimum atomic E-state index is -3.40. The first kappa shape index (κ1) is 17.4. The van der Waals surface area contributed by atoms with Crippen LogP contribution in [0.15, 0.2) is 27.8 Å². The molecule has 114 valence electrons. The minimum absolute atomic E-state index is 0.371. The van der Waals surface area contributed by atoms with Crippen LogP contribution < -0.4 is 5.32 Å². The van der Waals surface area contributed by atoms with E-state index in [2.05, 4.69) is 25.7 Å². The van der Waals surface area contributed by atoms with E-state index in [1.165, 1.54) is 15.6 Å². The summed E-state index contributed by atoms with van der Waals surface area (Å²) in [6, 6.07) is 2.14. The lowest BCUT2D eigenvalue weighted by atomic mass is 10.3. The molecule has 1 heterocycles. The Morgan fingerprint density at radius 1 is 1.50 bits per heavy atom. The Bertz CT molecular complexity index is 547. The Morgan fingerprint density at radius 2 is 2.15 bits per heavy atom. The van der Waals surface area contributed by atoms with Crippen LogP contribution in [-0.4, -0.2) is 31.9 Å². The molecule has 0 aromatic carbocycles. The van der Waals surface area contributed by atoms with Gasteiger partial charge in [0.05, 0.1) is 0 Å². The monoisotopic (exact) mass is 316 g/mol. The first-order valence-corrected chi connectivity index (χ1v) is 9.04. The molecule has 0 unspecified atom stereocenters. The van der Waals surface area contributed by atoms with Crippen LogP contribution in [0.3, 0.4) is 0 Å². The summed E-state index contributed by atoms with van der Waals surface area (Å²) < 4.78 is 26.9. The van der Waals surface area contributed by atoms with Gasteiger partial charge in [0.1, 0.15) is 4.21 Å². The number of nitrogens with one attached hydrogen (secondary N) is 1. The quantitative estimate of drug-likeness (QED) is 0.750. The van der Waals surface area contributed by atoms with Crippen molar-refractivity contribution in [1.82, 2.24) is 9.62 Å². The SMILES string of the molecule is C=C(C)CN(CC)S(=O)(=O)c1cc(CNC(C)C)cs1. The molecule has 0 aliphatic heterocycles. The Balaban J connectivity index is 2.89. The van der Waals surface area contributed by atoms with Crippen LogP contribution in [0.2, 0.25) is 0 Å². The largest absolute Gasteiger partial charge is 0.310 e. The van der Waals surface area contributed by atoms with Gasteiger partial charge in [-0.1, -0.05) is 32.9 Å². The smallest absolute Gasteiger partial charge is 0.252 e. The summed E-state index contributed by atoms with van der Waals surface area (Å²) in [5, 5.41) is 5.19. The van der Waals surface area contributed by atoms with Crippen LogP contribution in [0.25, 0.3) is 0 Å². The van der Waals surface area contributed by atoms with Crippen molar-refractivity contribution in [2.24, 2.45) is 0 Å². The summed E-state index contributed by atoms with van der Waals surface area (Å²) in [6.07, 6.45) is 0. The van der Waals surface area contributed by atoms with Gasteiger partial charge in [0.15, 0.2) is 0 Å². The standard InChI is InChI=1S/C14H24N2O2S2/c1-6-16(9-11(2)3)20(17,18)14-7-13(10-19-14)8-15-12(4)5/h7,10,12,15H,2,6,8-9H2,1,3-5H3. The van der Waals surface area contributed by atoms with Crippen LogP contribution in [0.4, 0.5) is 0 Å². The van der Waals surface area contributed by atoms with E-state index in [1.54, 1.807) is 6.07 Å². The second kappa shape index (κ2) is 7.36. The summed E-state index contributed by atoms with van der Waals surface area (Å²) >= 11 is 1.28. The summed E-state index contributed by atoms with van der Waals surface area (Å²) in [5.41, 5.74) is 1.85. The van der Waals surface area contributed by atoms with E-state index in [-0.39, 0.29) is 0 Å². The Kier molecular flexibility index (Phi) is 6.39. The number of hydrogen-bond donors (Lipinski definition) is 1. The lowest BCUT2D eigenvalue weighted by Crippen LogP contribution is -2.31. The van der Waals surface area contributed by atoms with Crippen LogP contribution in [-0.2, 0) is 16.6 Å². The van der Waals surface area contributed by atoms with E-state index in [0.29, 0.717) is 29.9 Å². The van der Waals surface area contributed by atoms with Crippen molar-refractivity contribution in [2.75, 3.05) is 13.1 Å². The van der Waals surface area contributed by atoms with Crippen LogP contribution >= 0.6 is 11.3 Å². The molecule has 6 heteroatoms. The van der Waals surface area contributed by atoms with Gasteiger partial charge in [-0.15, -0.1) is 11.3 Å². The molecule has 0 saturated heterocycles. The average Bonchev–Trinajstić information content (AvgIpc) is 2.82. The zero-order valence-electron chi connectivity index (χ0n) is 12.6. The molecule has 0 amide bonds. The molecule has 0 radical (unpaired) electrons. The fourth-order valence-corrected chi connectivity index (χ4v) is 4.57. The highest BCUT2D eigenvalue weighted by atomic mass is 32.2. The average molecular weight is 316 g/mol. The molecule has 20 heavy (non-hydrogen) atoms. The van der Waals surface area contributed by atoms with Crippen molar-refractivity contribution in [3.8, 4) is 0 Å². The van der Waals surface area contributed by atoms with E-state index in [0.717, 1.165) is 11.1 Å². The van der Waals surface area contributed by atoms with Gasteiger partial charge in [-0.05, 0) is 23.9 Å². The number of rotatable bonds is 8. The third kappa shape index (κ3) is 4.70. The third-order valence-electron chi connectivity index (χ3n) is 2.74. The molecule has 0 atom stereocenters. The van der Waals surface area contributed by atoms with Gasteiger partial charge < -0.3 is 5.32 Å². The fraction of sp³-hybridized carbons (Fsp3) is 0.571. The molecule has 0 aliphatic rings. The van der Waals surface area contributed by atoms with E-state index in [9.17, 15) is 8.42 Å². The molecule has 4 nitrogen and oxygen atoms in total. The minimum Gasteiger partial charge on any atom is -0.310 e. The molecule has 0 aliphatic carbocycles. The van der Waals surface area contributed by atoms with Crippen molar-refractivity contribution in [1.29, 1.82) is 0 Å². The molecule has 1 rings (SSSR count). The molecule has 1 aromatic heterocycles. The first-order valence-electron chi connectivity index (χ1n) is 6.72. The van der Waals surface area contributed by atoms with Crippen molar-refractivity contribution in [2.45, 2.75) is 44.5 Å². The Labute approximate surface area is 126 Å². The summed E-state index contributed by atoms with van der Waals surface area (Å²) in [4.78, 5) is 0. The van der Waals surface area contributed by atoms with Crippen molar-refractivity contribution in [3.63, 3.8) is 0 Å². The Hall–Kier alpha value is -0.690. The summed E-state index contributed by atoms with van der Waals surface area (Å²) in [7, 11) is -3.40. The van der Waals surface area contributed by atoms with Gasteiger partial charge in [0, 0.05) is 25.7 Å². The summed E-state index contributed by atoms with van der Waals surface area (Å²) in [5.74, 6) is 0. The van der Waals surface area contributed by atoms with E-state index < -0.39 is 10.0 Å². The van der Waals surface area contributed by atoms with E-state index in [4.69, 9.17) is 0 Å².